The van der Waals surface area contributed by atoms with Gasteiger partial charge in [0.2, 0.25) is 0 Å². The molecule has 3 N–H and O–H groups in total. The van der Waals surface area contributed by atoms with E-state index >= 15 is 0 Å². The molecule has 4 heteroatoms. The van der Waals surface area contributed by atoms with Crippen molar-refractivity contribution in [3.05, 3.63) is 23.9 Å². The van der Waals surface area contributed by atoms with E-state index in [1.807, 2.05) is 25.3 Å². The number of nitrogens with zero attached hydrogens (tertiary/aromatic N) is 2. The normalized spacial score (nSPS) is 22.4. The Kier molecular flexibility index (Phi) is 3.41. The van der Waals surface area contributed by atoms with Gasteiger partial charge in [-0.05, 0) is 31.4 Å². The van der Waals surface area contributed by atoms with Gasteiger partial charge in [-0.2, -0.15) is 0 Å². The number of anilines is 1. The SMILES string of the molecule is C[C@H](N)c1ccc(N2CCCC2CO)nc1. The van der Waals surface area contributed by atoms with Gasteiger partial charge in [-0.25, -0.2) is 4.98 Å². The molecule has 0 spiro atoms. The van der Waals surface area contributed by atoms with Crippen LogP contribution in [-0.4, -0.2) is 29.3 Å². The average molecular weight is 221 g/mol. The number of aromatic nitrogens is 1. The molecular weight excluding hydrogens is 202 g/mol. The van der Waals surface area contributed by atoms with Gasteiger partial charge in [0, 0.05) is 18.8 Å². The highest BCUT2D eigenvalue weighted by Gasteiger charge is 2.24. The zero-order chi connectivity index (χ0) is 11.5. The Morgan fingerprint density at radius 3 is 3.00 bits per heavy atom. The first kappa shape index (κ1) is 11.4. The summed E-state index contributed by atoms with van der Waals surface area (Å²) in [6, 6.07) is 4.26. The standard InChI is InChI=1S/C12H19N3O/c1-9(13)10-4-5-12(14-7-10)15-6-2-3-11(15)8-16/h4-5,7,9,11,16H,2-3,6,8,13H2,1H3/t9-,11?/m0/s1. The van der Waals surface area contributed by atoms with Crippen molar-refractivity contribution in [2.24, 2.45) is 5.73 Å². The first-order valence-corrected chi connectivity index (χ1v) is 5.81. The van der Waals surface area contributed by atoms with Gasteiger partial charge in [0.15, 0.2) is 0 Å². The topological polar surface area (TPSA) is 62.4 Å². The lowest BCUT2D eigenvalue weighted by Crippen LogP contribution is -2.32. The minimum atomic E-state index is 0.0220. The zero-order valence-corrected chi connectivity index (χ0v) is 9.63. The van der Waals surface area contributed by atoms with Crippen LogP contribution in [0.25, 0.3) is 0 Å². The lowest BCUT2D eigenvalue weighted by atomic mass is 10.1. The highest BCUT2D eigenvalue weighted by molar-refractivity contribution is 5.42. The maximum absolute atomic E-state index is 9.25. The molecule has 2 rings (SSSR count). The maximum atomic E-state index is 9.25. The lowest BCUT2D eigenvalue weighted by molar-refractivity contribution is 0.266. The van der Waals surface area contributed by atoms with E-state index in [2.05, 4.69) is 9.88 Å². The summed E-state index contributed by atoms with van der Waals surface area (Å²) < 4.78 is 0. The average Bonchev–Trinajstić information content (AvgIpc) is 2.77. The summed E-state index contributed by atoms with van der Waals surface area (Å²) in [4.78, 5) is 6.59. The molecule has 16 heavy (non-hydrogen) atoms. The largest absolute Gasteiger partial charge is 0.394 e. The predicted molar refractivity (Wildman–Crippen MR) is 64.3 cm³/mol. The van der Waals surface area contributed by atoms with Gasteiger partial charge in [-0.1, -0.05) is 6.07 Å². The molecule has 2 atom stereocenters. The quantitative estimate of drug-likeness (QED) is 0.801. The summed E-state index contributed by atoms with van der Waals surface area (Å²) in [7, 11) is 0. The number of nitrogens with two attached hydrogens (primary N) is 1. The van der Waals surface area contributed by atoms with E-state index in [0.717, 1.165) is 30.8 Å². The number of rotatable bonds is 3. The van der Waals surface area contributed by atoms with Crippen molar-refractivity contribution < 1.29 is 5.11 Å². The van der Waals surface area contributed by atoms with Gasteiger partial charge in [0.1, 0.15) is 5.82 Å². The molecule has 0 bridgehead atoms. The van der Waals surface area contributed by atoms with Crippen molar-refractivity contribution in [2.75, 3.05) is 18.1 Å². The fourth-order valence-corrected chi connectivity index (χ4v) is 2.16. The van der Waals surface area contributed by atoms with Gasteiger partial charge >= 0.3 is 0 Å². The van der Waals surface area contributed by atoms with Crippen molar-refractivity contribution in [2.45, 2.75) is 31.8 Å². The highest BCUT2D eigenvalue weighted by Crippen LogP contribution is 2.24. The Morgan fingerprint density at radius 2 is 2.44 bits per heavy atom. The van der Waals surface area contributed by atoms with Gasteiger partial charge in [0.25, 0.3) is 0 Å². The molecule has 1 aromatic heterocycles. The molecule has 0 aliphatic carbocycles. The van der Waals surface area contributed by atoms with E-state index in [0.29, 0.717) is 0 Å². The van der Waals surface area contributed by atoms with E-state index in [-0.39, 0.29) is 18.7 Å². The summed E-state index contributed by atoms with van der Waals surface area (Å²) in [6.45, 7) is 3.13. The summed E-state index contributed by atoms with van der Waals surface area (Å²) in [5, 5.41) is 9.25. The van der Waals surface area contributed by atoms with Crippen LogP contribution in [0.2, 0.25) is 0 Å². The molecule has 0 saturated carbocycles. The van der Waals surface area contributed by atoms with E-state index in [4.69, 9.17) is 5.73 Å². The van der Waals surface area contributed by atoms with Crippen molar-refractivity contribution in [3.63, 3.8) is 0 Å². The van der Waals surface area contributed by atoms with Gasteiger partial charge < -0.3 is 15.7 Å². The predicted octanol–water partition coefficient (Wildman–Crippen LogP) is 1.06. The van der Waals surface area contributed by atoms with Crippen LogP contribution in [0.1, 0.15) is 31.4 Å². The fourth-order valence-electron chi connectivity index (χ4n) is 2.16. The van der Waals surface area contributed by atoms with Crippen LogP contribution in [0.3, 0.4) is 0 Å². The third-order valence-electron chi connectivity index (χ3n) is 3.18. The molecular formula is C12H19N3O. The van der Waals surface area contributed by atoms with Crippen molar-refractivity contribution >= 4 is 5.82 Å². The fraction of sp³-hybridized carbons (Fsp3) is 0.583. The van der Waals surface area contributed by atoms with Crippen LogP contribution < -0.4 is 10.6 Å². The first-order chi connectivity index (χ1) is 7.72. The van der Waals surface area contributed by atoms with E-state index < -0.39 is 0 Å². The number of aliphatic hydroxyl groups is 1. The summed E-state index contributed by atoms with van der Waals surface area (Å²) in [5.41, 5.74) is 6.82. The second kappa shape index (κ2) is 4.80. The molecule has 0 aromatic carbocycles. The van der Waals surface area contributed by atoms with Crippen molar-refractivity contribution in [1.82, 2.24) is 4.98 Å². The van der Waals surface area contributed by atoms with E-state index in [1.165, 1.54) is 0 Å². The molecule has 1 fully saturated rings. The van der Waals surface area contributed by atoms with Crippen LogP contribution >= 0.6 is 0 Å². The lowest BCUT2D eigenvalue weighted by Gasteiger charge is -2.24. The Balaban J connectivity index is 2.15. The minimum Gasteiger partial charge on any atom is -0.394 e. The molecule has 2 heterocycles. The summed E-state index contributed by atoms with van der Waals surface area (Å²) in [5.74, 6) is 0.945. The number of hydrogen-bond donors (Lipinski definition) is 2. The molecule has 1 unspecified atom stereocenters. The molecule has 1 aliphatic rings. The Morgan fingerprint density at radius 1 is 1.62 bits per heavy atom. The van der Waals surface area contributed by atoms with Crippen LogP contribution in [0, 0.1) is 0 Å². The van der Waals surface area contributed by atoms with Gasteiger partial charge in [0.05, 0.1) is 12.6 Å². The van der Waals surface area contributed by atoms with Crippen molar-refractivity contribution in [3.8, 4) is 0 Å². The third kappa shape index (κ3) is 2.18. The Labute approximate surface area is 96.1 Å². The first-order valence-electron chi connectivity index (χ1n) is 5.81. The van der Waals surface area contributed by atoms with Crippen LogP contribution in [0.5, 0.6) is 0 Å². The highest BCUT2D eigenvalue weighted by atomic mass is 16.3. The second-order valence-corrected chi connectivity index (χ2v) is 4.41. The summed E-state index contributed by atoms with van der Waals surface area (Å²) >= 11 is 0. The van der Waals surface area contributed by atoms with Gasteiger partial charge in [-0.3, -0.25) is 0 Å². The van der Waals surface area contributed by atoms with Crippen LogP contribution in [0.15, 0.2) is 18.3 Å². The smallest absolute Gasteiger partial charge is 0.128 e. The third-order valence-corrected chi connectivity index (χ3v) is 3.18. The number of pyridine rings is 1. The zero-order valence-electron chi connectivity index (χ0n) is 9.63. The molecule has 0 amide bonds. The molecule has 88 valence electrons. The van der Waals surface area contributed by atoms with Crippen LogP contribution in [-0.2, 0) is 0 Å². The maximum Gasteiger partial charge on any atom is 0.128 e. The number of hydrogen-bond acceptors (Lipinski definition) is 4. The second-order valence-electron chi connectivity index (χ2n) is 4.41. The molecule has 1 aliphatic heterocycles. The summed E-state index contributed by atoms with van der Waals surface area (Å²) in [6.07, 6.45) is 4.00. The van der Waals surface area contributed by atoms with Crippen molar-refractivity contribution in [1.29, 1.82) is 0 Å². The number of aliphatic hydroxyl groups excluding tert-OH is 1. The van der Waals surface area contributed by atoms with Gasteiger partial charge in [-0.15, -0.1) is 0 Å². The van der Waals surface area contributed by atoms with Crippen LogP contribution in [0.4, 0.5) is 5.82 Å². The monoisotopic (exact) mass is 221 g/mol. The minimum absolute atomic E-state index is 0.0220. The van der Waals surface area contributed by atoms with E-state index in [9.17, 15) is 5.11 Å². The van der Waals surface area contributed by atoms with E-state index in [1.54, 1.807) is 0 Å². The molecule has 4 nitrogen and oxygen atoms in total. The molecule has 1 saturated heterocycles. The Bertz CT molecular complexity index is 337. The molecule has 0 radical (unpaired) electrons. The molecule has 1 aromatic rings. The Hall–Kier alpha value is -1.13.